The summed E-state index contributed by atoms with van der Waals surface area (Å²) in [4.78, 5) is 26.1. The van der Waals surface area contributed by atoms with Crippen molar-refractivity contribution in [3.63, 3.8) is 0 Å². The molecule has 1 saturated carbocycles. The van der Waals surface area contributed by atoms with Crippen LogP contribution >= 0.6 is 0 Å². The lowest BCUT2D eigenvalue weighted by Crippen LogP contribution is -2.56. The van der Waals surface area contributed by atoms with Crippen LogP contribution in [0, 0.1) is 17.7 Å². The molecule has 1 heterocycles. The smallest absolute Gasteiger partial charge is 0.407 e. The van der Waals surface area contributed by atoms with Crippen LogP contribution in [0.1, 0.15) is 45.1 Å². The van der Waals surface area contributed by atoms with Crippen LogP contribution < -0.4 is 5.32 Å². The van der Waals surface area contributed by atoms with Crippen molar-refractivity contribution in [1.82, 2.24) is 10.2 Å². The fourth-order valence-electron chi connectivity index (χ4n) is 4.96. The first-order valence-electron chi connectivity index (χ1n) is 10.4. The lowest BCUT2D eigenvalue weighted by molar-refractivity contribution is -0.142. The molecule has 160 valence electrons. The molecule has 4 unspecified atom stereocenters. The molecule has 3 rings (SSSR count). The summed E-state index contributed by atoms with van der Waals surface area (Å²) in [6.45, 7) is 4.68. The average molecular weight is 406 g/mol. The molecule has 6 nitrogen and oxygen atoms in total. The molecule has 0 radical (unpaired) electrons. The molecule has 4 atom stereocenters. The van der Waals surface area contributed by atoms with E-state index < -0.39 is 12.2 Å². The number of benzene rings is 1. The minimum absolute atomic E-state index is 0.0141. The van der Waals surface area contributed by atoms with E-state index in [9.17, 15) is 19.1 Å². The van der Waals surface area contributed by atoms with Gasteiger partial charge < -0.3 is 20.1 Å². The van der Waals surface area contributed by atoms with Crippen molar-refractivity contribution < 1.29 is 23.8 Å². The largest absolute Gasteiger partial charge is 0.442 e. The van der Waals surface area contributed by atoms with Crippen LogP contribution in [0.15, 0.2) is 24.3 Å². The molecular weight excluding hydrogens is 375 g/mol. The zero-order valence-electron chi connectivity index (χ0n) is 17.4. The molecule has 0 aromatic heterocycles. The highest BCUT2D eigenvalue weighted by Gasteiger charge is 2.65. The topological polar surface area (TPSA) is 78.9 Å². The summed E-state index contributed by atoms with van der Waals surface area (Å²) in [5, 5.41) is 12.4. The van der Waals surface area contributed by atoms with E-state index in [0.717, 1.165) is 18.4 Å². The number of rotatable bonds is 8. The molecule has 2 aliphatic rings. The standard InChI is InChI=1S/C22H31FN2O4/c1-4-5-18-19(10-14(2)26)22(18,15-6-8-16(23)9-7-15)11-20(27)25-12-17(13-25)29-21(28)24-3/h6-9,14,17-19,26H,4-5,10-13H2,1-3H3,(H,24,28). The highest BCUT2D eigenvalue weighted by molar-refractivity contribution is 5.80. The van der Waals surface area contributed by atoms with Crippen molar-refractivity contribution in [3.05, 3.63) is 35.6 Å². The molecule has 1 saturated heterocycles. The summed E-state index contributed by atoms with van der Waals surface area (Å²) in [5.41, 5.74) is 0.597. The highest BCUT2D eigenvalue weighted by Crippen LogP contribution is 2.66. The fourth-order valence-corrected chi connectivity index (χ4v) is 4.96. The van der Waals surface area contributed by atoms with Gasteiger partial charge in [-0.2, -0.15) is 0 Å². The van der Waals surface area contributed by atoms with Gasteiger partial charge in [-0.3, -0.25) is 4.79 Å². The Morgan fingerprint density at radius 2 is 1.97 bits per heavy atom. The molecule has 2 amide bonds. The maximum atomic E-state index is 13.5. The summed E-state index contributed by atoms with van der Waals surface area (Å²) in [7, 11) is 1.50. The third-order valence-corrected chi connectivity index (χ3v) is 6.40. The van der Waals surface area contributed by atoms with Gasteiger partial charge in [0.05, 0.1) is 19.2 Å². The lowest BCUT2D eigenvalue weighted by Gasteiger charge is -2.39. The van der Waals surface area contributed by atoms with Crippen LogP contribution in [0.5, 0.6) is 0 Å². The summed E-state index contributed by atoms with van der Waals surface area (Å²) < 4.78 is 18.7. The van der Waals surface area contributed by atoms with Crippen LogP contribution in [0.3, 0.4) is 0 Å². The van der Waals surface area contributed by atoms with E-state index >= 15 is 0 Å². The fraction of sp³-hybridized carbons (Fsp3) is 0.636. The Bertz CT molecular complexity index is 733. The van der Waals surface area contributed by atoms with E-state index in [0.29, 0.717) is 25.9 Å². The minimum Gasteiger partial charge on any atom is -0.442 e. The third-order valence-electron chi connectivity index (χ3n) is 6.40. The van der Waals surface area contributed by atoms with Gasteiger partial charge in [0.15, 0.2) is 0 Å². The van der Waals surface area contributed by atoms with Crippen molar-refractivity contribution in [2.45, 2.75) is 57.2 Å². The van der Waals surface area contributed by atoms with Gasteiger partial charge in [-0.15, -0.1) is 0 Å². The lowest BCUT2D eigenvalue weighted by atomic mass is 9.85. The second kappa shape index (κ2) is 8.69. The first-order chi connectivity index (χ1) is 13.8. The monoisotopic (exact) mass is 406 g/mol. The van der Waals surface area contributed by atoms with Gasteiger partial charge in [0.2, 0.25) is 5.91 Å². The number of hydrogen-bond donors (Lipinski definition) is 2. The van der Waals surface area contributed by atoms with Crippen LogP contribution in [-0.2, 0) is 14.9 Å². The first kappa shape index (κ1) is 21.6. The Labute approximate surface area is 171 Å². The second-order valence-electron chi connectivity index (χ2n) is 8.39. The summed E-state index contributed by atoms with van der Waals surface area (Å²) >= 11 is 0. The Hall–Kier alpha value is -2.15. The van der Waals surface area contributed by atoms with Gasteiger partial charge in [-0.1, -0.05) is 25.5 Å². The summed E-state index contributed by atoms with van der Waals surface area (Å²) in [5.74, 6) is 0.193. The van der Waals surface area contributed by atoms with Crippen molar-refractivity contribution in [2.75, 3.05) is 20.1 Å². The third kappa shape index (κ3) is 4.39. The van der Waals surface area contributed by atoms with Gasteiger partial charge in [-0.25, -0.2) is 9.18 Å². The quantitative estimate of drug-likeness (QED) is 0.696. The minimum atomic E-state index is -0.493. The maximum Gasteiger partial charge on any atom is 0.407 e. The zero-order chi connectivity index (χ0) is 21.2. The van der Waals surface area contributed by atoms with Crippen molar-refractivity contribution >= 4 is 12.0 Å². The predicted octanol–water partition coefficient (Wildman–Crippen LogP) is 2.84. The number of aliphatic hydroxyl groups is 1. The van der Waals surface area contributed by atoms with Crippen LogP contribution in [0.2, 0.25) is 0 Å². The number of halogens is 1. The number of carbonyl (C=O) groups excluding carboxylic acids is 2. The van der Waals surface area contributed by atoms with Gasteiger partial charge in [0, 0.05) is 18.9 Å². The number of likely N-dealkylation sites (tertiary alicyclic amines) is 1. The highest BCUT2D eigenvalue weighted by atomic mass is 19.1. The zero-order valence-corrected chi connectivity index (χ0v) is 17.4. The molecule has 1 aliphatic heterocycles. The van der Waals surface area contributed by atoms with E-state index in [4.69, 9.17) is 4.74 Å². The Morgan fingerprint density at radius 1 is 1.31 bits per heavy atom. The molecule has 1 aliphatic carbocycles. The van der Waals surface area contributed by atoms with Crippen molar-refractivity contribution in [2.24, 2.45) is 11.8 Å². The number of alkyl carbamates (subject to hydrolysis) is 1. The summed E-state index contributed by atoms with van der Waals surface area (Å²) in [6.07, 6.45) is 1.68. The van der Waals surface area contributed by atoms with Crippen molar-refractivity contribution in [1.29, 1.82) is 0 Å². The number of nitrogens with zero attached hydrogens (tertiary/aromatic N) is 1. The molecule has 1 aromatic carbocycles. The number of ether oxygens (including phenoxy) is 1. The Balaban J connectivity index is 1.75. The number of nitrogens with one attached hydrogen (secondary N) is 1. The number of hydrogen-bond acceptors (Lipinski definition) is 4. The van der Waals surface area contributed by atoms with Gasteiger partial charge in [-0.05, 0) is 49.3 Å². The molecule has 2 N–H and O–H groups in total. The summed E-state index contributed by atoms with van der Waals surface area (Å²) in [6, 6.07) is 6.44. The van der Waals surface area contributed by atoms with Crippen LogP contribution in [0.4, 0.5) is 9.18 Å². The molecule has 7 heteroatoms. The molecule has 0 bridgehead atoms. The molecule has 1 aromatic rings. The molecular formula is C22H31FN2O4. The number of carbonyl (C=O) groups is 2. The van der Waals surface area contributed by atoms with Crippen molar-refractivity contribution in [3.8, 4) is 0 Å². The average Bonchev–Trinajstić information content (AvgIpc) is 3.22. The predicted molar refractivity (Wildman–Crippen MR) is 107 cm³/mol. The van der Waals surface area contributed by atoms with E-state index in [2.05, 4.69) is 12.2 Å². The number of aliphatic hydroxyl groups excluding tert-OH is 1. The molecule has 29 heavy (non-hydrogen) atoms. The van der Waals surface area contributed by atoms with E-state index in [1.54, 1.807) is 24.0 Å². The van der Waals surface area contributed by atoms with Crippen LogP contribution in [-0.4, -0.2) is 54.4 Å². The SMILES string of the molecule is CCCC1C(CC(C)O)C1(CC(=O)N1CC(OC(=O)NC)C1)c1ccc(F)cc1. The van der Waals surface area contributed by atoms with Gasteiger partial charge in [0.25, 0.3) is 0 Å². The van der Waals surface area contributed by atoms with E-state index in [-0.39, 0.29) is 35.1 Å². The number of amides is 2. The van der Waals surface area contributed by atoms with Crippen LogP contribution in [0.25, 0.3) is 0 Å². The molecule has 2 fully saturated rings. The van der Waals surface area contributed by atoms with Gasteiger partial charge >= 0.3 is 6.09 Å². The Kier molecular flexibility index (Phi) is 6.46. The normalized spacial score (nSPS) is 27.1. The maximum absolute atomic E-state index is 13.5. The Morgan fingerprint density at radius 3 is 2.52 bits per heavy atom. The first-order valence-corrected chi connectivity index (χ1v) is 10.4. The van der Waals surface area contributed by atoms with E-state index in [1.807, 2.05) is 0 Å². The van der Waals surface area contributed by atoms with Gasteiger partial charge in [0.1, 0.15) is 11.9 Å². The second-order valence-corrected chi connectivity index (χ2v) is 8.39. The molecule has 0 spiro atoms. The van der Waals surface area contributed by atoms with E-state index in [1.165, 1.54) is 19.2 Å².